The fourth-order valence-corrected chi connectivity index (χ4v) is 2.29. The third-order valence-corrected chi connectivity index (χ3v) is 4.46. The van der Waals surface area contributed by atoms with Gasteiger partial charge in [0.05, 0.1) is 13.0 Å². The minimum atomic E-state index is 0.0760. The molecule has 0 N–H and O–H groups in total. The highest BCUT2D eigenvalue weighted by molar-refractivity contribution is 7.99. The van der Waals surface area contributed by atoms with E-state index >= 15 is 0 Å². The van der Waals surface area contributed by atoms with Crippen LogP contribution in [0.25, 0.3) is 11.2 Å². The van der Waals surface area contributed by atoms with Gasteiger partial charge >= 0.3 is 0 Å². The van der Waals surface area contributed by atoms with Crippen LogP contribution in [0, 0.1) is 0 Å². The first kappa shape index (κ1) is 14.4. The number of rotatable bonds is 5. The molecule has 0 spiro atoms. The maximum atomic E-state index is 5.99. The van der Waals surface area contributed by atoms with Crippen molar-refractivity contribution < 1.29 is 4.74 Å². The molecule has 0 aliphatic rings. The summed E-state index contributed by atoms with van der Waals surface area (Å²) in [6.07, 6.45) is 3.58. The Morgan fingerprint density at radius 3 is 2.74 bits per heavy atom. The van der Waals surface area contributed by atoms with Crippen LogP contribution in [0.5, 0.6) is 5.88 Å². The molecule has 0 aromatic carbocycles. The molecule has 104 valence electrons. The fourth-order valence-electron chi connectivity index (χ4n) is 1.82. The predicted octanol–water partition coefficient (Wildman–Crippen LogP) is 2.72. The lowest BCUT2D eigenvalue weighted by molar-refractivity contribution is 0.401. The van der Waals surface area contributed by atoms with Gasteiger partial charge in [-0.05, 0) is 20.1 Å². The maximum absolute atomic E-state index is 5.99. The Kier molecular flexibility index (Phi) is 4.20. The first-order valence-electron chi connectivity index (χ1n) is 5.87. The number of halogens is 1. The number of aromatic nitrogens is 4. The molecule has 2 heterocycles. The third kappa shape index (κ3) is 2.79. The van der Waals surface area contributed by atoms with Gasteiger partial charge < -0.3 is 9.30 Å². The van der Waals surface area contributed by atoms with E-state index in [2.05, 4.69) is 35.1 Å². The van der Waals surface area contributed by atoms with Gasteiger partial charge in [-0.3, -0.25) is 0 Å². The Hall–Kier alpha value is -1.01. The molecule has 7 heteroatoms. The molecule has 0 fully saturated rings. The number of hydrogen-bond acceptors (Lipinski definition) is 5. The first-order valence-corrected chi connectivity index (χ1v) is 7.63. The normalized spacial score (nSPS) is 12.1. The van der Waals surface area contributed by atoms with E-state index in [0.717, 1.165) is 18.0 Å². The van der Waals surface area contributed by atoms with Crippen molar-refractivity contribution in [2.75, 3.05) is 13.4 Å². The van der Waals surface area contributed by atoms with Gasteiger partial charge in [-0.15, -0.1) is 11.6 Å². The number of methoxy groups -OCH3 is 1. The summed E-state index contributed by atoms with van der Waals surface area (Å²) in [6.45, 7) is 5.15. The van der Waals surface area contributed by atoms with E-state index < -0.39 is 0 Å². The summed E-state index contributed by atoms with van der Waals surface area (Å²) in [5.74, 6) is 1.61. The van der Waals surface area contributed by atoms with Crippen molar-refractivity contribution in [1.29, 1.82) is 0 Å². The Labute approximate surface area is 121 Å². The zero-order valence-corrected chi connectivity index (χ0v) is 13.0. The monoisotopic (exact) mass is 300 g/mol. The standard InChI is InChI=1S/C12H17ClN4OS/c1-12(2,19-4)6-17-8(5-13)16-9-10(17)14-7-15-11(9)18-3/h7H,5-6H2,1-4H3. The van der Waals surface area contributed by atoms with E-state index in [1.807, 2.05) is 4.57 Å². The maximum Gasteiger partial charge on any atom is 0.245 e. The van der Waals surface area contributed by atoms with Crippen LogP contribution in [0.15, 0.2) is 6.33 Å². The molecule has 19 heavy (non-hydrogen) atoms. The van der Waals surface area contributed by atoms with Crippen molar-refractivity contribution in [2.45, 2.75) is 31.0 Å². The Morgan fingerprint density at radius 2 is 2.16 bits per heavy atom. The van der Waals surface area contributed by atoms with E-state index in [0.29, 0.717) is 17.3 Å². The number of fused-ring (bicyclic) bond motifs is 1. The third-order valence-electron chi connectivity index (χ3n) is 2.98. The van der Waals surface area contributed by atoms with Crippen LogP contribution in [-0.2, 0) is 12.4 Å². The predicted molar refractivity (Wildman–Crippen MR) is 79.0 cm³/mol. The number of imidazole rings is 1. The van der Waals surface area contributed by atoms with Gasteiger partial charge in [0.15, 0.2) is 11.2 Å². The summed E-state index contributed by atoms with van der Waals surface area (Å²) in [5.41, 5.74) is 1.43. The molecule has 0 atom stereocenters. The zero-order valence-electron chi connectivity index (χ0n) is 11.5. The van der Waals surface area contributed by atoms with Gasteiger partial charge in [-0.1, -0.05) is 0 Å². The molecule has 0 aliphatic carbocycles. The second-order valence-corrected chi connectivity index (χ2v) is 6.55. The summed E-state index contributed by atoms with van der Waals surface area (Å²) >= 11 is 7.79. The van der Waals surface area contributed by atoms with Gasteiger partial charge in [0.25, 0.3) is 0 Å². The smallest absolute Gasteiger partial charge is 0.245 e. The zero-order chi connectivity index (χ0) is 14.0. The summed E-state index contributed by atoms with van der Waals surface area (Å²) in [4.78, 5) is 12.9. The number of ether oxygens (including phenoxy) is 1. The lowest BCUT2D eigenvalue weighted by Crippen LogP contribution is -2.23. The number of hydrogen-bond donors (Lipinski definition) is 0. The van der Waals surface area contributed by atoms with Crippen LogP contribution < -0.4 is 4.74 Å². The largest absolute Gasteiger partial charge is 0.479 e. The van der Waals surface area contributed by atoms with Gasteiger partial charge in [-0.25, -0.2) is 9.97 Å². The number of alkyl halides is 1. The average Bonchev–Trinajstić information content (AvgIpc) is 2.76. The molecule has 0 saturated carbocycles. The van der Waals surface area contributed by atoms with Gasteiger partial charge in [0.2, 0.25) is 5.88 Å². The first-order chi connectivity index (χ1) is 9.02. The molecule has 2 aromatic heterocycles. The quantitative estimate of drug-likeness (QED) is 0.795. The van der Waals surface area contributed by atoms with E-state index in [1.54, 1.807) is 18.9 Å². The SMILES string of the molecule is COc1ncnc2c1nc(CCl)n2CC(C)(C)SC. The molecule has 0 bridgehead atoms. The molecule has 0 radical (unpaired) electrons. The molecule has 0 amide bonds. The average molecular weight is 301 g/mol. The minimum Gasteiger partial charge on any atom is -0.479 e. The molecular formula is C12H17ClN4OS. The van der Waals surface area contributed by atoms with Crippen molar-refractivity contribution in [3.63, 3.8) is 0 Å². The van der Waals surface area contributed by atoms with Crippen LogP contribution in [0.3, 0.4) is 0 Å². The van der Waals surface area contributed by atoms with E-state index in [9.17, 15) is 0 Å². The Balaban J connectivity index is 2.58. The number of thioether (sulfide) groups is 1. The second kappa shape index (κ2) is 5.54. The van der Waals surface area contributed by atoms with Crippen LogP contribution in [0.2, 0.25) is 0 Å². The van der Waals surface area contributed by atoms with Crippen molar-refractivity contribution in [2.24, 2.45) is 0 Å². The van der Waals surface area contributed by atoms with Crippen LogP contribution in [0.1, 0.15) is 19.7 Å². The summed E-state index contributed by atoms with van der Waals surface area (Å²) in [6, 6.07) is 0. The van der Waals surface area contributed by atoms with Crippen LogP contribution in [-0.4, -0.2) is 37.6 Å². The fraction of sp³-hybridized carbons (Fsp3) is 0.583. The molecule has 0 saturated heterocycles. The lowest BCUT2D eigenvalue weighted by Gasteiger charge is -2.23. The summed E-state index contributed by atoms with van der Waals surface area (Å²) in [7, 11) is 1.58. The van der Waals surface area contributed by atoms with Crippen LogP contribution in [0.4, 0.5) is 0 Å². The van der Waals surface area contributed by atoms with Crippen molar-refractivity contribution in [3.8, 4) is 5.88 Å². The lowest BCUT2D eigenvalue weighted by atomic mass is 10.2. The van der Waals surface area contributed by atoms with E-state index in [-0.39, 0.29) is 4.75 Å². The molecule has 2 aromatic rings. The molecule has 2 rings (SSSR count). The van der Waals surface area contributed by atoms with Crippen molar-refractivity contribution >= 4 is 34.5 Å². The highest BCUT2D eigenvalue weighted by Gasteiger charge is 2.22. The topological polar surface area (TPSA) is 52.8 Å². The molecule has 0 unspecified atom stereocenters. The highest BCUT2D eigenvalue weighted by Crippen LogP contribution is 2.28. The van der Waals surface area contributed by atoms with Gasteiger partial charge in [0, 0.05) is 11.3 Å². The molecule has 0 aliphatic heterocycles. The molecule has 5 nitrogen and oxygen atoms in total. The van der Waals surface area contributed by atoms with Crippen LogP contribution >= 0.6 is 23.4 Å². The van der Waals surface area contributed by atoms with Gasteiger partial charge in [0.1, 0.15) is 12.2 Å². The Morgan fingerprint density at radius 1 is 1.42 bits per heavy atom. The highest BCUT2D eigenvalue weighted by atomic mass is 35.5. The van der Waals surface area contributed by atoms with Crippen molar-refractivity contribution in [3.05, 3.63) is 12.2 Å². The van der Waals surface area contributed by atoms with E-state index in [1.165, 1.54) is 6.33 Å². The minimum absolute atomic E-state index is 0.0760. The van der Waals surface area contributed by atoms with E-state index in [4.69, 9.17) is 16.3 Å². The summed E-state index contributed by atoms with van der Waals surface area (Å²) in [5, 5.41) is 0. The van der Waals surface area contributed by atoms with Crippen molar-refractivity contribution in [1.82, 2.24) is 19.5 Å². The second-order valence-electron chi connectivity index (χ2n) is 4.77. The summed E-state index contributed by atoms with van der Waals surface area (Å²) < 4.78 is 7.34. The van der Waals surface area contributed by atoms with Gasteiger partial charge in [-0.2, -0.15) is 16.7 Å². The molecular weight excluding hydrogens is 284 g/mol. The Bertz CT molecular complexity index is 584. The number of nitrogens with zero attached hydrogens (tertiary/aromatic N) is 4.